The summed E-state index contributed by atoms with van der Waals surface area (Å²) in [6, 6.07) is -1.52. The third-order valence-electron chi connectivity index (χ3n) is 6.82. The molecule has 14 atom stereocenters. The van der Waals surface area contributed by atoms with E-state index in [1.807, 2.05) is 0 Å². The van der Waals surface area contributed by atoms with Gasteiger partial charge in [-0.15, -0.1) is 0 Å². The quantitative estimate of drug-likeness (QED) is 0.133. The maximum absolute atomic E-state index is 10.8. The maximum Gasteiger partial charge on any atom is 0.187 e. The van der Waals surface area contributed by atoms with Crippen LogP contribution in [0.5, 0.6) is 0 Å². The van der Waals surface area contributed by atoms with Crippen LogP contribution in [-0.2, 0) is 18.9 Å². The first-order valence-electron chi connectivity index (χ1n) is 10.0. The smallest absolute Gasteiger partial charge is 0.187 e. The highest BCUT2D eigenvalue weighted by molar-refractivity contribution is 5.25. The highest BCUT2D eigenvalue weighted by Gasteiger charge is 2.75. The zero-order valence-electron chi connectivity index (χ0n) is 16.2. The summed E-state index contributed by atoms with van der Waals surface area (Å²) in [4.78, 5) is 0. The minimum atomic E-state index is -1.58. The lowest BCUT2D eigenvalue weighted by atomic mass is 9.67. The largest absolute Gasteiger partial charge is 0.396 e. The number of aliphatic hydroxyl groups is 6. The van der Waals surface area contributed by atoms with Gasteiger partial charge in [0.15, 0.2) is 12.6 Å². The van der Waals surface area contributed by atoms with Crippen molar-refractivity contribution in [3.63, 3.8) is 0 Å². The average molecular weight is 437 g/mol. The summed E-state index contributed by atoms with van der Waals surface area (Å²) < 4.78 is 21.8. The lowest BCUT2D eigenvalue weighted by Crippen LogP contribution is -2.73. The SMILES string of the molecule is NC1C[C@@H](N)C(O[C@@H]2OC(CO)C(O)C2O)C(O)[C@@H]1O[C@@H](O)C1(N)C(CO)[C@H]2OC21. The van der Waals surface area contributed by atoms with Crippen molar-refractivity contribution < 1.29 is 49.6 Å². The molecule has 2 aliphatic carbocycles. The zero-order valence-corrected chi connectivity index (χ0v) is 16.2. The van der Waals surface area contributed by atoms with Crippen LogP contribution in [0.4, 0.5) is 0 Å². The van der Waals surface area contributed by atoms with Crippen LogP contribution in [0, 0.1) is 5.92 Å². The molecule has 0 aromatic carbocycles. The van der Waals surface area contributed by atoms with Gasteiger partial charge in [0, 0.05) is 18.0 Å². The fourth-order valence-corrected chi connectivity index (χ4v) is 4.83. The Morgan fingerprint density at radius 1 is 0.967 bits per heavy atom. The van der Waals surface area contributed by atoms with Gasteiger partial charge in [-0.1, -0.05) is 0 Å². The molecule has 174 valence electrons. The van der Waals surface area contributed by atoms with Gasteiger partial charge in [0.05, 0.1) is 19.3 Å². The van der Waals surface area contributed by atoms with Gasteiger partial charge in [0.1, 0.15) is 48.3 Å². The molecule has 2 heterocycles. The summed E-state index contributed by atoms with van der Waals surface area (Å²) in [5.74, 6) is -0.511. The van der Waals surface area contributed by atoms with Crippen LogP contribution in [0.1, 0.15) is 6.42 Å². The van der Waals surface area contributed by atoms with E-state index in [4.69, 9.17) is 36.1 Å². The summed E-state index contributed by atoms with van der Waals surface area (Å²) in [5.41, 5.74) is 17.0. The molecule has 12 N–H and O–H groups in total. The number of rotatable bonds is 7. The highest BCUT2D eigenvalue weighted by atomic mass is 16.7. The molecule has 0 aromatic heterocycles. The number of aliphatic hydroxyl groups excluding tert-OH is 6. The first-order valence-corrected chi connectivity index (χ1v) is 10.0. The minimum absolute atomic E-state index is 0.150. The van der Waals surface area contributed by atoms with Gasteiger partial charge in [-0.3, -0.25) is 0 Å². The number of ether oxygens (including phenoxy) is 4. The molecule has 2 saturated heterocycles. The van der Waals surface area contributed by atoms with Gasteiger partial charge in [-0.05, 0) is 6.42 Å². The molecule has 4 aliphatic rings. The van der Waals surface area contributed by atoms with E-state index in [1.165, 1.54) is 0 Å². The number of nitrogens with two attached hydrogens (primary N) is 3. The Kier molecular flexibility index (Phi) is 6.13. The molecule has 0 amide bonds. The number of hydrogen-bond donors (Lipinski definition) is 9. The Balaban J connectivity index is 1.43. The molecular formula is C17H31N3O10. The lowest BCUT2D eigenvalue weighted by Gasteiger charge is -2.48. The topological polar surface area (TPSA) is 240 Å². The van der Waals surface area contributed by atoms with Crippen LogP contribution in [0.25, 0.3) is 0 Å². The van der Waals surface area contributed by atoms with Crippen molar-refractivity contribution >= 4 is 0 Å². The molecule has 0 aromatic rings. The Morgan fingerprint density at radius 3 is 2.23 bits per heavy atom. The van der Waals surface area contributed by atoms with Crippen LogP contribution in [0.2, 0.25) is 0 Å². The van der Waals surface area contributed by atoms with Gasteiger partial charge < -0.3 is 66.8 Å². The molecule has 4 fully saturated rings. The molecule has 0 bridgehead atoms. The zero-order chi connectivity index (χ0) is 22.0. The summed E-state index contributed by atoms with van der Waals surface area (Å²) in [6.45, 7) is -0.825. The molecular weight excluding hydrogens is 406 g/mol. The van der Waals surface area contributed by atoms with Crippen molar-refractivity contribution in [3.05, 3.63) is 0 Å². The fourth-order valence-electron chi connectivity index (χ4n) is 4.83. The third-order valence-corrected chi connectivity index (χ3v) is 6.82. The molecule has 13 nitrogen and oxygen atoms in total. The summed E-state index contributed by atoms with van der Waals surface area (Å²) in [5, 5.41) is 60.0. The van der Waals surface area contributed by atoms with Crippen LogP contribution in [0.3, 0.4) is 0 Å². The first kappa shape index (κ1) is 22.7. The number of fused-ring (bicyclic) bond motifs is 1. The van der Waals surface area contributed by atoms with E-state index in [-0.39, 0.29) is 19.1 Å². The van der Waals surface area contributed by atoms with E-state index in [0.29, 0.717) is 0 Å². The molecule has 9 unspecified atom stereocenters. The monoisotopic (exact) mass is 437 g/mol. The summed E-state index contributed by atoms with van der Waals surface area (Å²) in [7, 11) is 0. The Morgan fingerprint density at radius 2 is 1.63 bits per heavy atom. The standard InChI is InChI=1S/C17H31N3O10/c18-5-1-6(19)13(30-16(26)17(20)4(2-21)11-14(17)28-11)10(25)12(5)29-15-9(24)8(23)7(3-22)27-15/h4-16,21-26H,1-3,18-20H2/t4?,5-,6?,7?,8?,9?,10?,11-,12?,13-,14?,15+,16-,17?/m1/s1. The predicted molar refractivity (Wildman–Crippen MR) is 96.2 cm³/mol. The molecule has 0 radical (unpaired) electrons. The van der Waals surface area contributed by atoms with Crippen molar-refractivity contribution in [2.75, 3.05) is 13.2 Å². The van der Waals surface area contributed by atoms with Gasteiger partial charge in [0.25, 0.3) is 0 Å². The number of hydrogen-bond acceptors (Lipinski definition) is 13. The van der Waals surface area contributed by atoms with E-state index < -0.39 is 85.5 Å². The molecule has 0 spiro atoms. The molecule has 2 aliphatic heterocycles. The van der Waals surface area contributed by atoms with E-state index in [9.17, 15) is 30.6 Å². The van der Waals surface area contributed by atoms with Gasteiger partial charge >= 0.3 is 0 Å². The highest BCUT2D eigenvalue weighted by Crippen LogP contribution is 2.55. The Bertz CT molecular complexity index is 633. The third kappa shape index (κ3) is 3.38. The maximum atomic E-state index is 10.8. The van der Waals surface area contributed by atoms with E-state index in [2.05, 4.69) is 0 Å². The minimum Gasteiger partial charge on any atom is -0.396 e. The first-order chi connectivity index (χ1) is 14.1. The second-order valence-corrected chi connectivity index (χ2v) is 8.62. The van der Waals surface area contributed by atoms with Crippen LogP contribution in [-0.4, -0.2) is 123 Å². The Hall–Kier alpha value is -0.520. The predicted octanol–water partition coefficient (Wildman–Crippen LogP) is -5.98. The fraction of sp³-hybridized carbons (Fsp3) is 1.00. The lowest BCUT2D eigenvalue weighted by molar-refractivity contribution is -0.267. The second-order valence-electron chi connectivity index (χ2n) is 8.62. The van der Waals surface area contributed by atoms with Gasteiger partial charge in [-0.25, -0.2) is 0 Å². The summed E-state index contributed by atoms with van der Waals surface area (Å²) >= 11 is 0. The van der Waals surface area contributed by atoms with E-state index in [0.717, 1.165) is 0 Å². The normalized spacial score (nSPS) is 56.3. The van der Waals surface area contributed by atoms with Crippen molar-refractivity contribution in [1.29, 1.82) is 0 Å². The van der Waals surface area contributed by atoms with E-state index >= 15 is 0 Å². The van der Waals surface area contributed by atoms with E-state index in [1.54, 1.807) is 0 Å². The van der Waals surface area contributed by atoms with Crippen molar-refractivity contribution in [2.24, 2.45) is 23.1 Å². The second kappa shape index (κ2) is 8.12. The van der Waals surface area contributed by atoms with Crippen LogP contribution >= 0.6 is 0 Å². The summed E-state index contributed by atoms with van der Waals surface area (Å²) in [6.07, 6.45) is -11.0. The molecule has 4 rings (SSSR count). The molecule has 2 saturated carbocycles. The molecule has 13 heteroatoms. The average Bonchev–Trinajstić information content (AvgIpc) is 3.39. The van der Waals surface area contributed by atoms with Crippen molar-refractivity contribution in [2.45, 2.75) is 85.5 Å². The number of epoxide rings is 1. The Labute approximate surface area is 172 Å². The van der Waals surface area contributed by atoms with Crippen molar-refractivity contribution in [3.8, 4) is 0 Å². The van der Waals surface area contributed by atoms with Gasteiger partial charge in [0.2, 0.25) is 0 Å². The van der Waals surface area contributed by atoms with Crippen LogP contribution in [0.15, 0.2) is 0 Å². The van der Waals surface area contributed by atoms with Crippen LogP contribution < -0.4 is 17.2 Å². The molecule has 30 heavy (non-hydrogen) atoms. The van der Waals surface area contributed by atoms with Gasteiger partial charge in [-0.2, -0.15) is 0 Å². The van der Waals surface area contributed by atoms with Crippen molar-refractivity contribution in [1.82, 2.24) is 0 Å².